The zero-order valence-corrected chi connectivity index (χ0v) is 14.1. The maximum Gasteiger partial charge on any atom is 0.208 e. The fraction of sp³-hybridized carbons (Fsp3) is 0.538. The third kappa shape index (κ3) is 7.03. The highest BCUT2D eigenvalue weighted by molar-refractivity contribution is 7.90. The minimum Gasteiger partial charge on any atom is -0.310 e. The monoisotopic (exact) mass is 334 g/mol. The predicted molar refractivity (Wildman–Crippen MR) is 83.4 cm³/mol. The molecule has 21 heavy (non-hydrogen) atoms. The van der Waals surface area contributed by atoms with E-state index >= 15 is 0 Å². The van der Waals surface area contributed by atoms with E-state index < -0.39 is 19.9 Å². The molecule has 0 radical (unpaired) electrons. The molecule has 1 rings (SSSR count). The van der Waals surface area contributed by atoms with Crippen LogP contribution in [0.25, 0.3) is 0 Å². The van der Waals surface area contributed by atoms with E-state index in [4.69, 9.17) is 0 Å². The second-order valence-corrected chi connectivity index (χ2v) is 8.89. The van der Waals surface area contributed by atoms with E-state index in [0.29, 0.717) is 24.4 Å². The van der Waals surface area contributed by atoms with Gasteiger partial charge in [0.05, 0.1) is 11.2 Å². The van der Waals surface area contributed by atoms with Crippen LogP contribution in [-0.4, -0.2) is 42.4 Å². The SMILES string of the molecule is CC(NCCCNS(C)(=O)=O)c1ccc(S(C)(=O)=O)cc1. The summed E-state index contributed by atoms with van der Waals surface area (Å²) in [7, 11) is -6.30. The van der Waals surface area contributed by atoms with Crippen LogP contribution in [0.3, 0.4) is 0 Å². The average molecular weight is 334 g/mol. The zero-order chi connectivity index (χ0) is 16.1. The first-order chi connectivity index (χ1) is 9.59. The van der Waals surface area contributed by atoms with Gasteiger partial charge < -0.3 is 5.32 Å². The third-order valence-corrected chi connectivity index (χ3v) is 4.83. The summed E-state index contributed by atoms with van der Waals surface area (Å²) in [5.74, 6) is 0. The molecule has 0 bridgehead atoms. The lowest BCUT2D eigenvalue weighted by Gasteiger charge is -2.14. The van der Waals surface area contributed by atoms with Gasteiger partial charge in [-0.1, -0.05) is 12.1 Å². The van der Waals surface area contributed by atoms with Gasteiger partial charge in [0.2, 0.25) is 10.0 Å². The molecule has 0 saturated carbocycles. The summed E-state index contributed by atoms with van der Waals surface area (Å²) in [6, 6.07) is 6.81. The highest BCUT2D eigenvalue weighted by atomic mass is 32.2. The highest BCUT2D eigenvalue weighted by Crippen LogP contribution is 2.16. The number of hydrogen-bond acceptors (Lipinski definition) is 5. The van der Waals surface area contributed by atoms with Crippen LogP contribution in [0, 0.1) is 0 Å². The Kier molecular flexibility index (Phi) is 6.33. The van der Waals surface area contributed by atoms with Crippen molar-refractivity contribution in [1.29, 1.82) is 0 Å². The maximum absolute atomic E-state index is 11.4. The van der Waals surface area contributed by atoms with Gasteiger partial charge in [-0.05, 0) is 37.6 Å². The lowest BCUT2D eigenvalue weighted by atomic mass is 10.1. The summed E-state index contributed by atoms with van der Waals surface area (Å²) in [5.41, 5.74) is 0.985. The molecule has 0 heterocycles. The van der Waals surface area contributed by atoms with Crippen LogP contribution in [0.2, 0.25) is 0 Å². The standard InChI is InChI=1S/C13H22N2O4S2/c1-11(14-9-4-10-15-21(3,18)19)12-5-7-13(8-6-12)20(2,16)17/h5-8,11,14-15H,4,9-10H2,1-3H3. The second-order valence-electron chi connectivity index (χ2n) is 5.04. The maximum atomic E-state index is 11.4. The summed E-state index contributed by atoms with van der Waals surface area (Å²) >= 11 is 0. The largest absolute Gasteiger partial charge is 0.310 e. The highest BCUT2D eigenvalue weighted by Gasteiger charge is 2.09. The summed E-state index contributed by atoms with van der Waals surface area (Å²) in [6.45, 7) is 3.03. The molecule has 0 aliphatic carbocycles. The van der Waals surface area contributed by atoms with E-state index in [0.717, 1.165) is 11.8 Å². The molecule has 0 aliphatic heterocycles. The number of rotatable bonds is 8. The van der Waals surface area contributed by atoms with Crippen LogP contribution in [-0.2, 0) is 19.9 Å². The summed E-state index contributed by atoms with van der Waals surface area (Å²) < 4.78 is 46.9. The second kappa shape index (κ2) is 7.35. The molecule has 2 N–H and O–H groups in total. The van der Waals surface area contributed by atoms with E-state index in [1.807, 2.05) is 6.92 Å². The topological polar surface area (TPSA) is 92.3 Å². The summed E-state index contributed by atoms with van der Waals surface area (Å²) in [5, 5.41) is 3.26. The van der Waals surface area contributed by atoms with Gasteiger partial charge in [0.15, 0.2) is 9.84 Å². The van der Waals surface area contributed by atoms with Crippen molar-refractivity contribution < 1.29 is 16.8 Å². The van der Waals surface area contributed by atoms with Crippen molar-refractivity contribution in [3.63, 3.8) is 0 Å². The smallest absolute Gasteiger partial charge is 0.208 e. The Bertz CT molecular complexity index is 652. The Morgan fingerprint density at radius 1 is 1.00 bits per heavy atom. The molecule has 0 spiro atoms. The van der Waals surface area contributed by atoms with Gasteiger partial charge in [-0.15, -0.1) is 0 Å². The zero-order valence-electron chi connectivity index (χ0n) is 12.5. The number of sulfone groups is 1. The van der Waals surface area contributed by atoms with Crippen molar-refractivity contribution in [1.82, 2.24) is 10.0 Å². The molecule has 1 atom stereocenters. The molecule has 120 valence electrons. The molecule has 6 nitrogen and oxygen atoms in total. The Hall–Kier alpha value is -0.960. The normalized spacial score (nSPS) is 14.0. The van der Waals surface area contributed by atoms with Crippen molar-refractivity contribution >= 4 is 19.9 Å². The van der Waals surface area contributed by atoms with Crippen molar-refractivity contribution in [2.45, 2.75) is 24.3 Å². The van der Waals surface area contributed by atoms with Gasteiger partial charge in [-0.25, -0.2) is 21.6 Å². The molecular formula is C13H22N2O4S2. The Morgan fingerprint density at radius 2 is 1.57 bits per heavy atom. The molecular weight excluding hydrogens is 312 g/mol. The first kappa shape index (κ1) is 18.1. The quantitative estimate of drug-likeness (QED) is 0.682. The van der Waals surface area contributed by atoms with Crippen molar-refractivity contribution in [3.05, 3.63) is 29.8 Å². The van der Waals surface area contributed by atoms with Crippen molar-refractivity contribution in [2.24, 2.45) is 0 Å². The van der Waals surface area contributed by atoms with Gasteiger partial charge in [0.1, 0.15) is 0 Å². The Labute approximate surface area is 126 Å². The molecule has 0 fully saturated rings. The van der Waals surface area contributed by atoms with Crippen molar-refractivity contribution in [2.75, 3.05) is 25.6 Å². The van der Waals surface area contributed by atoms with Gasteiger partial charge in [-0.2, -0.15) is 0 Å². The van der Waals surface area contributed by atoms with Gasteiger partial charge in [0.25, 0.3) is 0 Å². The molecule has 0 aromatic heterocycles. The van der Waals surface area contributed by atoms with Crippen LogP contribution in [0.1, 0.15) is 24.9 Å². The van der Waals surface area contributed by atoms with Crippen LogP contribution in [0.4, 0.5) is 0 Å². The first-order valence-corrected chi connectivity index (χ1v) is 10.4. The molecule has 1 aromatic carbocycles. The third-order valence-electron chi connectivity index (χ3n) is 2.98. The molecule has 0 saturated heterocycles. The molecule has 0 aliphatic rings. The number of nitrogens with one attached hydrogen (secondary N) is 2. The van der Waals surface area contributed by atoms with E-state index in [2.05, 4.69) is 10.0 Å². The van der Waals surface area contributed by atoms with E-state index in [1.165, 1.54) is 6.26 Å². The molecule has 0 amide bonds. The fourth-order valence-corrected chi connectivity index (χ4v) is 2.93. The molecule has 1 unspecified atom stereocenters. The van der Waals surface area contributed by atoms with Gasteiger partial charge >= 0.3 is 0 Å². The van der Waals surface area contributed by atoms with Crippen LogP contribution >= 0.6 is 0 Å². The van der Waals surface area contributed by atoms with E-state index in [-0.39, 0.29) is 6.04 Å². The number of hydrogen-bond donors (Lipinski definition) is 2. The first-order valence-electron chi connectivity index (χ1n) is 6.57. The minimum atomic E-state index is -3.17. The summed E-state index contributed by atoms with van der Waals surface area (Å²) in [4.78, 5) is 0.302. The molecule has 1 aromatic rings. The van der Waals surface area contributed by atoms with Crippen molar-refractivity contribution in [3.8, 4) is 0 Å². The lowest BCUT2D eigenvalue weighted by molar-refractivity contribution is 0.548. The van der Waals surface area contributed by atoms with Gasteiger partial charge in [0, 0.05) is 18.8 Å². The minimum absolute atomic E-state index is 0.0665. The molecule has 8 heteroatoms. The van der Waals surface area contributed by atoms with E-state index in [9.17, 15) is 16.8 Å². The fourth-order valence-electron chi connectivity index (χ4n) is 1.79. The summed E-state index contributed by atoms with van der Waals surface area (Å²) in [6.07, 6.45) is 2.99. The number of sulfonamides is 1. The van der Waals surface area contributed by atoms with Crippen LogP contribution in [0.15, 0.2) is 29.2 Å². The van der Waals surface area contributed by atoms with Crippen LogP contribution in [0.5, 0.6) is 0 Å². The number of benzene rings is 1. The van der Waals surface area contributed by atoms with Crippen LogP contribution < -0.4 is 10.0 Å². The predicted octanol–water partition coefficient (Wildman–Crippen LogP) is 0.680. The lowest BCUT2D eigenvalue weighted by Crippen LogP contribution is -2.27. The average Bonchev–Trinajstić information content (AvgIpc) is 2.36. The van der Waals surface area contributed by atoms with Gasteiger partial charge in [-0.3, -0.25) is 0 Å². The Balaban J connectivity index is 2.44. The Morgan fingerprint density at radius 3 is 2.05 bits per heavy atom. The van der Waals surface area contributed by atoms with E-state index in [1.54, 1.807) is 24.3 Å².